The largest absolute Gasteiger partial charge is 0.355 e. The van der Waals surface area contributed by atoms with Gasteiger partial charge in [0, 0.05) is 26.7 Å². The molecule has 1 heterocycles. The summed E-state index contributed by atoms with van der Waals surface area (Å²) in [5.74, 6) is 1.84. The fourth-order valence-electron chi connectivity index (χ4n) is 2.88. The third-order valence-electron chi connectivity index (χ3n) is 4.28. The van der Waals surface area contributed by atoms with E-state index in [1.54, 1.807) is 7.05 Å². The number of hydrogen-bond donors (Lipinski definition) is 2. The first-order valence-corrected chi connectivity index (χ1v) is 8.59. The highest BCUT2D eigenvalue weighted by molar-refractivity contribution is 14.0. The average molecular weight is 463 g/mol. The van der Waals surface area contributed by atoms with Crippen molar-refractivity contribution in [3.05, 3.63) is 65.5 Å². The van der Waals surface area contributed by atoms with Gasteiger partial charge in [0.05, 0.1) is 11.0 Å². The Kier molecular flexibility index (Phi) is 7.44. The van der Waals surface area contributed by atoms with Crippen molar-refractivity contribution in [2.75, 3.05) is 13.6 Å². The monoisotopic (exact) mass is 463 g/mol. The predicted molar refractivity (Wildman–Crippen MR) is 119 cm³/mol. The van der Waals surface area contributed by atoms with Crippen LogP contribution in [0.2, 0.25) is 0 Å². The molecule has 0 spiro atoms. The van der Waals surface area contributed by atoms with Gasteiger partial charge in [-0.2, -0.15) is 0 Å². The summed E-state index contributed by atoms with van der Waals surface area (Å²) >= 11 is 0. The summed E-state index contributed by atoms with van der Waals surface area (Å²) in [6.45, 7) is 6.53. The highest BCUT2D eigenvalue weighted by Crippen LogP contribution is 2.14. The molecule has 2 N–H and O–H groups in total. The lowest BCUT2D eigenvalue weighted by Gasteiger charge is -2.13. The molecule has 0 radical (unpaired) electrons. The van der Waals surface area contributed by atoms with Crippen LogP contribution in [0.3, 0.4) is 0 Å². The van der Waals surface area contributed by atoms with Crippen LogP contribution >= 0.6 is 24.0 Å². The van der Waals surface area contributed by atoms with Crippen LogP contribution < -0.4 is 10.6 Å². The van der Waals surface area contributed by atoms with Crippen molar-refractivity contribution >= 4 is 41.0 Å². The van der Waals surface area contributed by atoms with Gasteiger partial charge in [0.2, 0.25) is 0 Å². The molecule has 6 heteroatoms. The molecule has 0 fully saturated rings. The van der Waals surface area contributed by atoms with Crippen molar-refractivity contribution in [2.45, 2.75) is 26.9 Å². The lowest BCUT2D eigenvalue weighted by Crippen LogP contribution is -2.38. The van der Waals surface area contributed by atoms with Crippen molar-refractivity contribution in [1.29, 1.82) is 0 Å². The van der Waals surface area contributed by atoms with Crippen molar-refractivity contribution in [3.63, 3.8) is 0 Å². The lowest BCUT2D eigenvalue weighted by atomic mass is 10.1. The smallest absolute Gasteiger partial charge is 0.191 e. The first-order valence-electron chi connectivity index (χ1n) is 8.59. The van der Waals surface area contributed by atoms with Gasteiger partial charge in [-0.1, -0.05) is 42.0 Å². The highest BCUT2D eigenvalue weighted by atomic mass is 127. The molecule has 2 aromatic carbocycles. The number of aliphatic imine (C=N–C) groups is 1. The normalized spacial score (nSPS) is 11.3. The molecule has 138 valence electrons. The second-order valence-electron chi connectivity index (χ2n) is 6.14. The average Bonchev–Trinajstić information content (AvgIpc) is 2.95. The van der Waals surface area contributed by atoms with Gasteiger partial charge in [0.25, 0.3) is 0 Å². The van der Waals surface area contributed by atoms with Gasteiger partial charge in [-0.25, -0.2) is 4.98 Å². The number of rotatable bonds is 5. The fourth-order valence-corrected chi connectivity index (χ4v) is 2.88. The number of guanidine groups is 1. The maximum absolute atomic E-state index is 4.60. The Morgan fingerprint density at radius 2 is 1.77 bits per heavy atom. The van der Waals surface area contributed by atoms with Crippen molar-refractivity contribution in [1.82, 2.24) is 20.2 Å². The Balaban J connectivity index is 0.00000243. The Labute approximate surface area is 172 Å². The van der Waals surface area contributed by atoms with Gasteiger partial charge in [-0.15, -0.1) is 24.0 Å². The minimum Gasteiger partial charge on any atom is -0.355 e. The summed E-state index contributed by atoms with van der Waals surface area (Å²) in [4.78, 5) is 8.90. The van der Waals surface area contributed by atoms with Crippen LogP contribution in [0, 0.1) is 13.8 Å². The van der Waals surface area contributed by atoms with Crippen molar-refractivity contribution < 1.29 is 0 Å². The molecule has 0 amide bonds. The highest BCUT2D eigenvalue weighted by Gasteiger charge is 2.06. The summed E-state index contributed by atoms with van der Waals surface area (Å²) in [6.07, 6.45) is 0. The van der Waals surface area contributed by atoms with Crippen LogP contribution in [0.5, 0.6) is 0 Å². The summed E-state index contributed by atoms with van der Waals surface area (Å²) in [6, 6.07) is 16.8. The number of aryl methyl sites for hydroxylation is 2. The molecule has 0 atom stereocenters. The maximum atomic E-state index is 4.60. The SMILES string of the molecule is CN=C(NCCn1c(C)nc2ccccc21)NCc1ccc(C)cc1.I. The number of nitrogens with one attached hydrogen (secondary N) is 2. The second-order valence-corrected chi connectivity index (χ2v) is 6.14. The first-order chi connectivity index (χ1) is 12.2. The van der Waals surface area contributed by atoms with Crippen LogP contribution in [0.15, 0.2) is 53.5 Å². The number of aromatic nitrogens is 2. The first kappa shape index (κ1) is 20.2. The van der Waals surface area contributed by atoms with E-state index in [2.05, 4.69) is 68.5 Å². The van der Waals surface area contributed by atoms with Crippen LogP contribution in [0.25, 0.3) is 11.0 Å². The van der Waals surface area contributed by atoms with Crippen molar-refractivity contribution in [2.24, 2.45) is 4.99 Å². The molecule has 0 aliphatic rings. The Morgan fingerprint density at radius 1 is 1.04 bits per heavy atom. The van der Waals surface area contributed by atoms with Gasteiger partial charge in [0.1, 0.15) is 5.82 Å². The van der Waals surface area contributed by atoms with Gasteiger partial charge >= 0.3 is 0 Å². The summed E-state index contributed by atoms with van der Waals surface area (Å²) in [5, 5.41) is 6.72. The van der Waals surface area contributed by atoms with Gasteiger partial charge < -0.3 is 15.2 Å². The van der Waals surface area contributed by atoms with E-state index in [1.807, 2.05) is 19.1 Å². The number of imidazole rings is 1. The van der Waals surface area contributed by atoms with E-state index in [1.165, 1.54) is 16.6 Å². The van der Waals surface area contributed by atoms with E-state index >= 15 is 0 Å². The molecule has 0 aliphatic heterocycles. The third-order valence-corrected chi connectivity index (χ3v) is 4.28. The maximum Gasteiger partial charge on any atom is 0.191 e. The molecule has 0 unspecified atom stereocenters. The summed E-state index contributed by atoms with van der Waals surface area (Å²) < 4.78 is 2.23. The van der Waals surface area contributed by atoms with Gasteiger partial charge in [-0.05, 0) is 31.5 Å². The Morgan fingerprint density at radius 3 is 2.50 bits per heavy atom. The molecule has 26 heavy (non-hydrogen) atoms. The molecule has 1 aromatic heterocycles. The van der Waals surface area contributed by atoms with E-state index in [0.717, 1.165) is 36.9 Å². The zero-order valence-corrected chi connectivity index (χ0v) is 17.8. The van der Waals surface area contributed by atoms with Crippen LogP contribution in [-0.2, 0) is 13.1 Å². The number of benzene rings is 2. The molecule has 5 nitrogen and oxygen atoms in total. The van der Waals surface area contributed by atoms with Crippen LogP contribution in [0.1, 0.15) is 17.0 Å². The zero-order chi connectivity index (χ0) is 17.6. The van der Waals surface area contributed by atoms with Crippen molar-refractivity contribution in [3.8, 4) is 0 Å². The van der Waals surface area contributed by atoms with E-state index < -0.39 is 0 Å². The lowest BCUT2D eigenvalue weighted by molar-refractivity contribution is 0.660. The molecule has 0 aliphatic carbocycles. The number of hydrogen-bond acceptors (Lipinski definition) is 2. The molecule has 0 saturated carbocycles. The summed E-state index contributed by atoms with van der Waals surface area (Å²) in [5.41, 5.74) is 4.73. The molecule has 3 rings (SSSR count). The van der Waals surface area contributed by atoms with E-state index in [0.29, 0.717) is 0 Å². The Bertz CT molecular complexity index is 868. The van der Waals surface area contributed by atoms with E-state index in [9.17, 15) is 0 Å². The Hall–Kier alpha value is -2.09. The third kappa shape index (κ3) is 4.97. The predicted octanol–water partition coefficient (Wildman–Crippen LogP) is 3.64. The van der Waals surface area contributed by atoms with Crippen LogP contribution in [-0.4, -0.2) is 29.1 Å². The molecular formula is C20H26IN5. The number of nitrogens with zero attached hydrogens (tertiary/aromatic N) is 3. The van der Waals surface area contributed by atoms with E-state index in [4.69, 9.17) is 0 Å². The van der Waals surface area contributed by atoms with E-state index in [-0.39, 0.29) is 24.0 Å². The molecule has 0 saturated heterocycles. The van der Waals surface area contributed by atoms with Gasteiger partial charge in [-0.3, -0.25) is 4.99 Å². The minimum atomic E-state index is 0. The minimum absolute atomic E-state index is 0. The molecule has 3 aromatic rings. The van der Waals surface area contributed by atoms with Gasteiger partial charge in [0.15, 0.2) is 5.96 Å². The molecular weight excluding hydrogens is 437 g/mol. The number of fused-ring (bicyclic) bond motifs is 1. The summed E-state index contributed by atoms with van der Waals surface area (Å²) in [7, 11) is 1.79. The standard InChI is InChI=1S/C20H25N5.HI/c1-15-8-10-17(11-9-15)14-23-20(21-3)22-12-13-25-16(2)24-18-6-4-5-7-19(18)25;/h4-11H,12-14H2,1-3H3,(H2,21,22,23);1H. The molecule has 0 bridgehead atoms. The second kappa shape index (κ2) is 9.56. The van der Waals surface area contributed by atoms with Crippen LogP contribution in [0.4, 0.5) is 0 Å². The fraction of sp³-hybridized carbons (Fsp3) is 0.300. The quantitative estimate of drug-likeness (QED) is 0.345. The zero-order valence-electron chi connectivity index (χ0n) is 15.5. The topological polar surface area (TPSA) is 54.2 Å². The number of halogens is 1. The number of para-hydroxylation sites is 2.